The van der Waals surface area contributed by atoms with Gasteiger partial charge >= 0.3 is 6.16 Å². The van der Waals surface area contributed by atoms with Gasteiger partial charge in [0.15, 0.2) is 0 Å². The number of benzene rings is 1. The van der Waals surface area contributed by atoms with E-state index in [4.69, 9.17) is 5.11 Å². The second-order valence-corrected chi connectivity index (χ2v) is 2.89. The molecule has 0 aliphatic carbocycles. The van der Waals surface area contributed by atoms with Gasteiger partial charge in [0.05, 0.1) is 22.9 Å². The van der Waals surface area contributed by atoms with E-state index in [1.807, 2.05) is 47.1 Å². The lowest BCUT2D eigenvalue weighted by molar-refractivity contribution is 0.0854. The molecule has 0 radical (unpaired) electrons. The Kier molecular flexibility index (Phi) is 3.81. The van der Waals surface area contributed by atoms with Crippen LogP contribution in [0.1, 0.15) is 5.56 Å². The summed E-state index contributed by atoms with van der Waals surface area (Å²) in [5.74, 6) is 0. The zero-order valence-electron chi connectivity index (χ0n) is 6.66. The first-order valence-corrected chi connectivity index (χ1v) is 4.61. The van der Waals surface area contributed by atoms with Crippen molar-refractivity contribution in [1.82, 2.24) is 0 Å². The average molecular weight is 293 g/mol. The molecule has 5 heteroatoms. The number of ether oxygens (including phenoxy) is 1. The predicted octanol–water partition coefficient (Wildman–Crippen LogP) is 2.64. The Morgan fingerprint density at radius 1 is 1.46 bits per heavy atom. The van der Waals surface area contributed by atoms with Gasteiger partial charge in [-0.1, -0.05) is 12.1 Å². The van der Waals surface area contributed by atoms with Crippen LogP contribution in [0.3, 0.4) is 0 Å². The number of carbonyl (C=O) groups is 1. The molecular weight excluding hydrogens is 285 g/mol. The van der Waals surface area contributed by atoms with Crippen LogP contribution in [-0.4, -0.2) is 11.3 Å². The van der Waals surface area contributed by atoms with Gasteiger partial charge in [0, 0.05) is 5.69 Å². The number of carboxylic acid groups (broad SMARTS) is 1. The number of anilines is 1. The molecule has 4 nitrogen and oxygen atoms in total. The molecule has 0 atom stereocenters. The fourth-order valence-electron chi connectivity index (χ4n) is 0.809. The monoisotopic (exact) mass is 293 g/mol. The molecule has 0 spiro atoms. The van der Waals surface area contributed by atoms with E-state index >= 15 is 0 Å². The molecule has 0 aliphatic heterocycles. The fraction of sp³-hybridized carbons (Fsp3) is 0.125. The molecule has 0 saturated heterocycles. The van der Waals surface area contributed by atoms with Crippen molar-refractivity contribution in [3.63, 3.8) is 0 Å². The molecule has 0 saturated carbocycles. The maximum absolute atomic E-state index is 10.1. The Morgan fingerprint density at radius 2 is 2.08 bits per heavy atom. The van der Waals surface area contributed by atoms with Crippen LogP contribution in [0.5, 0.6) is 0 Å². The zero-order valence-corrected chi connectivity index (χ0v) is 8.82. The molecule has 70 valence electrons. The summed E-state index contributed by atoms with van der Waals surface area (Å²) in [4.78, 5) is 10.1. The topological polar surface area (TPSA) is 58.6 Å². The van der Waals surface area contributed by atoms with Gasteiger partial charge in [-0.2, -0.15) is 0 Å². The van der Waals surface area contributed by atoms with Crippen molar-refractivity contribution >= 4 is 34.7 Å². The van der Waals surface area contributed by atoms with E-state index in [1.165, 1.54) is 0 Å². The molecule has 0 unspecified atom stereocenters. The summed E-state index contributed by atoms with van der Waals surface area (Å²) in [6.45, 7) is 0.0941. The zero-order chi connectivity index (χ0) is 9.68. The maximum Gasteiger partial charge on any atom is 0.506 e. The lowest BCUT2D eigenvalue weighted by atomic mass is 10.2. The van der Waals surface area contributed by atoms with Crippen molar-refractivity contribution < 1.29 is 14.6 Å². The molecule has 0 amide bonds. The number of hydrogen-bond donors (Lipinski definition) is 2. The molecule has 0 aromatic heterocycles. The third kappa shape index (κ3) is 3.49. The molecule has 1 rings (SSSR count). The Hall–Kier alpha value is -0.980. The molecular formula is C8H8INO3. The van der Waals surface area contributed by atoms with Gasteiger partial charge in [0.25, 0.3) is 0 Å². The van der Waals surface area contributed by atoms with E-state index in [1.54, 1.807) is 0 Å². The van der Waals surface area contributed by atoms with E-state index in [-0.39, 0.29) is 6.61 Å². The predicted molar refractivity (Wildman–Crippen MR) is 56.9 cm³/mol. The molecule has 0 aliphatic rings. The highest BCUT2D eigenvalue weighted by Gasteiger charge is 1.98. The third-order valence-electron chi connectivity index (χ3n) is 1.43. The van der Waals surface area contributed by atoms with Crippen LogP contribution in [0.2, 0.25) is 0 Å². The Balaban J connectivity index is 2.54. The molecule has 0 bridgehead atoms. The van der Waals surface area contributed by atoms with Crippen molar-refractivity contribution in [3.05, 3.63) is 29.8 Å². The largest absolute Gasteiger partial charge is 0.506 e. The van der Waals surface area contributed by atoms with Gasteiger partial charge in [-0.25, -0.2) is 4.79 Å². The number of hydrogen-bond acceptors (Lipinski definition) is 3. The SMILES string of the molecule is O=C(O)OCc1ccc(NI)cc1. The Morgan fingerprint density at radius 3 is 2.54 bits per heavy atom. The number of rotatable bonds is 3. The fourth-order valence-corrected chi connectivity index (χ4v) is 1.17. The van der Waals surface area contributed by atoms with Gasteiger partial charge < -0.3 is 13.4 Å². The first-order valence-electron chi connectivity index (χ1n) is 3.53. The van der Waals surface area contributed by atoms with Gasteiger partial charge in [-0.15, -0.1) is 0 Å². The lowest BCUT2D eigenvalue weighted by Crippen LogP contribution is -1.99. The van der Waals surface area contributed by atoms with Crippen LogP contribution in [-0.2, 0) is 11.3 Å². The van der Waals surface area contributed by atoms with Gasteiger partial charge in [-0.05, 0) is 17.7 Å². The van der Waals surface area contributed by atoms with Gasteiger partial charge in [-0.3, -0.25) is 0 Å². The summed E-state index contributed by atoms with van der Waals surface area (Å²) in [5.41, 5.74) is 1.80. The summed E-state index contributed by atoms with van der Waals surface area (Å²) in [5, 5.41) is 8.24. The molecule has 0 fully saturated rings. The highest BCUT2D eigenvalue weighted by atomic mass is 127. The summed E-state index contributed by atoms with van der Waals surface area (Å²) in [7, 11) is 0. The van der Waals surface area contributed by atoms with E-state index in [2.05, 4.69) is 8.27 Å². The Bertz CT molecular complexity index is 286. The molecule has 2 N–H and O–H groups in total. The van der Waals surface area contributed by atoms with E-state index in [9.17, 15) is 4.79 Å². The minimum Gasteiger partial charge on any atom is -0.450 e. The summed E-state index contributed by atoms with van der Waals surface area (Å²) in [6.07, 6.45) is -1.25. The summed E-state index contributed by atoms with van der Waals surface area (Å²) in [6, 6.07) is 7.33. The van der Waals surface area contributed by atoms with E-state index < -0.39 is 6.16 Å². The smallest absolute Gasteiger partial charge is 0.450 e. The van der Waals surface area contributed by atoms with Crippen LogP contribution < -0.4 is 3.53 Å². The normalized spacial score (nSPS) is 9.31. The van der Waals surface area contributed by atoms with Crippen molar-refractivity contribution in [2.45, 2.75) is 6.61 Å². The second kappa shape index (κ2) is 4.90. The Labute approximate surface area is 89.4 Å². The molecule has 1 aromatic carbocycles. The van der Waals surface area contributed by atoms with Crippen LogP contribution >= 0.6 is 22.9 Å². The minimum absolute atomic E-state index is 0.0941. The number of nitrogens with one attached hydrogen (secondary N) is 1. The number of halogens is 1. The van der Waals surface area contributed by atoms with Crippen LogP contribution in [0.4, 0.5) is 10.5 Å². The average Bonchev–Trinajstić information content (AvgIpc) is 2.15. The highest BCUT2D eigenvalue weighted by molar-refractivity contribution is 14.1. The van der Waals surface area contributed by atoms with Crippen LogP contribution in [0.15, 0.2) is 24.3 Å². The molecule has 13 heavy (non-hydrogen) atoms. The standard InChI is InChI=1S/C8H8INO3/c9-10-7-3-1-6(2-4-7)5-13-8(11)12/h1-4,10H,5H2,(H,11,12). The molecule has 1 aromatic rings. The quantitative estimate of drug-likeness (QED) is 0.511. The first kappa shape index (κ1) is 10.1. The summed E-state index contributed by atoms with van der Waals surface area (Å²) < 4.78 is 7.33. The van der Waals surface area contributed by atoms with Crippen LogP contribution in [0.25, 0.3) is 0 Å². The highest BCUT2D eigenvalue weighted by Crippen LogP contribution is 2.11. The van der Waals surface area contributed by atoms with Crippen LogP contribution in [0, 0.1) is 0 Å². The minimum atomic E-state index is -1.25. The van der Waals surface area contributed by atoms with Crippen molar-refractivity contribution in [2.24, 2.45) is 0 Å². The van der Waals surface area contributed by atoms with Gasteiger partial charge in [0.1, 0.15) is 6.61 Å². The third-order valence-corrected chi connectivity index (χ3v) is 2.05. The first-order chi connectivity index (χ1) is 6.22. The summed E-state index contributed by atoms with van der Waals surface area (Å²) >= 11 is 2.02. The maximum atomic E-state index is 10.1. The molecule has 0 heterocycles. The van der Waals surface area contributed by atoms with Crippen molar-refractivity contribution in [1.29, 1.82) is 0 Å². The van der Waals surface area contributed by atoms with E-state index in [0.29, 0.717) is 0 Å². The van der Waals surface area contributed by atoms with Crippen molar-refractivity contribution in [2.75, 3.05) is 3.53 Å². The van der Waals surface area contributed by atoms with Gasteiger partial charge in [0.2, 0.25) is 0 Å². The van der Waals surface area contributed by atoms with Crippen molar-refractivity contribution in [3.8, 4) is 0 Å². The lowest BCUT2D eigenvalue weighted by Gasteiger charge is -2.01. The van der Waals surface area contributed by atoms with E-state index in [0.717, 1.165) is 11.3 Å². The second-order valence-electron chi connectivity index (χ2n) is 2.35.